The minimum Gasteiger partial charge on any atom is -0.465 e. The molecule has 21 heteroatoms. The fourth-order valence-electron chi connectivity index (χ4n) is 8.82. The summed E-state index contributed by atoms with van der Waals surface area (Å²) >= 11 is 11.0. The van der Waals surface area contributed by atoms with Crippen LogP contribution in [-0.4, -0.2) is 86.3 Å². The molecular weight excluding hydrogens is 1040 g/mol. The second-order valence-corrected chi connectivity index (χ2v) is 29.5. The molecule has 14 nitrogen and oxygen atoms in total. The second-order valence-electron chi connectivity index (χ2n) is 19.5. The van der Waals surface area contributed by atoms with Gasteiger partial charge in [-0.1, -0.05) is 0 Å². The second kappa shape index (κ2) is 18.4. The summed E-state index contributed by atoms with van der Waals surface area (Å²) in [5.74, 6) is -3.63. The Labute approximate surface area is 438 Å². The molecule has 0 radical (unpaired) electrons. The van der Waals surface area contributed by atoms with E-state index in [1.807, 2.05) is 62.3 Å². The van der Waals surface area contributed by atoms with Gasteiger partial charge in [-0.05, 0) is 54.0 Å². The van der Waals surface area contributed by atoms with Crippen molar-refractivity contribution >= 4 is 100 Å². The van der Waals surface area contributed by atoms with E-state index in [-0.39, 0.29) is 51.2 Å². The van der Waals surface area contributed by atoms with Crippen LogP contribution < -0.4 is 37.9 Å². The highest BCUT2D eigenvalue weighted by molar-refractivity contribution is 8.22. The topological polar surface area (TPSA) is 153 Å². The average Bonchev–Trinajstić information content (AvgIpc) is 4.05. The van der Waals surface area contributed by atoms with Gasteiger partial charge in [0, 0.05) is 79.9 Å². The van der Waals surface area contributed by atoms with Gasteiger partial charge in [0.05, 0.1) is 62.3 Å². The molecular formula is C49H58O14S7. The molecule has 0 atom stereocenters. The lowest BCUT2D eigenvalue weighted by atomic mass is 9.82. The lowest BCUT2D eigenvalue weighted by Gasteiger charge is -2.29. The molecule has 0 spiro atoms. The number of esters is 3. The Hall–Kier alpha value is -3.08. The summed E-state index contributed by atoms with van der Waals surface area (Å²) in [6.45, 7) is 29.6. The van der Waals surface area contributed by atoms with Gasteiger partial charge < -0.3 is 52.1 Å². The molecule has 70 heavy (non-hydrogen) atoms. The Balaban J connectivity index is 1.43. The Morgan fingerprint density at radius 3 is 0.943 bits per heavy atom. The molecule has 0 aliphatic carbocycles. The molecule has 0 bridgehead atoms. The van der Waals surface area contributed by atoms with Crippen LogP contribution in [0.1, 0.15) is 126 Å². The molecule has 0 saturated heterocycles. The van der Waals surface area contributed by atoms with Gasteiger partial charge in [0.15, 0.2) is 46.0 Å². The van der Waals surface area contributed by atoms with Crippen molar-refractivity contribution in [2.45, 2.75) is 175 Å². The normalized spacial score (nSPS) is 19.8. The largest absolute Gasteiger partial charge is 0.465 e. The summed E-state index contributed by atoms with van der Waals surface area (Å²) < 4.78 is 70.9. The van der Waals surface area contributed by atoms with Gasteiger partial charge >= 0.3 is 17.9 Å². The first-order chi connectivity index (χ1) is 32.7. The lowest BCUT2D eigenvalue weighted by Crippen LogP contribution is -2.31. The summed E-state index contributed by atoms with van der Waals surface area (Å²) in [6, 6.07) is 0. The number of thioether (sulfide) groups is 7. The van der Waals surface area contributed by atoms with Crippen LogP contribution >= 0.6 is 82.3 Å². The average molecular weight is 1100 g/mol. The van der Waals surface area contributed by atoms with Crippen molar-refractivity contribution in [3.8, 4) is 46.0 Å². The number of carbonyl (C=O) groups excluding carboxylic acids is 3. The zero-order valence-corrected chi connectivity index (χ0v) is 47.6. The van der Waals surface area contributed by atoms with Gasteiger partial charge in [-0.3, -0.25) is 14.4 Å². The first-order valence-electron chi connectivity index (χ1n) is 23.0. The first kappa shape index (κ1) is 51.8. The molecule has 0 N–H and O–H groups in total. The summed E-state index contributed by atoms with van der Waals surface area (Å²) in [5.41, 5.74) is 2.07. The van der Waals surface area contributed by atoms with E-state index >= 15 is 0 Å². The van der Waals surface area contributed by atoms with E-state index in [2.05, 4.69) is 27.7 Å². The highest BCUT2D eigenvalue weighted by Gasteiger charge is 2.55. The zero-order valence-electron chi connectivity index (χ0n) is 41.9. The maximum Gasteiger partial charge on any atom is 0.316 e. The third kappa shape index (κ3) is 9.75. The molecule has 6 aliphatic rings. The minimum atomic E-state index is -1.19. The fourth-order valence-corrected chi connectivity index (χ4v) is 17.9. The Kier molecular flexibility index (Phi) is 13.6. The molecule has 3 aromatic carbocycles. The minimum absolute atomic E-state index is 0.0344. The summed E-state index contributed by atoms with van der Waals surface area (Å²) in [7, 11) is 0. The maximum atomic E-state index is 13.1. The molecule has 380 valence electrons. The highest BCUT2D eigenvalue weighted by atomic mass is 32.2. The number of rotatable bonds is 15. The van der Waals surface area contributed by atoms with Gasteiger partial charge in [0.2, 0.25) is 23.1 Å². The van der Waals surface area contributed by atoms with Crippen LogP contribution in [0.5, 0.6) is 46.0 Å². The Morgan fingerprint density at radius 1 is 0.400 bits per heavy atom. The summed E-state index contributed by atoms with van der Waals surface area (Å²) in [5, 5.41) is 0. The van der Waals surface area contributed by atoms with E-state index < -0.39 is 41.0 Å². The fraction of sp³-hybridized carbons (Fsp3) is 0.571. The van der Waals surface area contributed by atoms with Crippen LogP contribution in [0.4, 0.5) is 0 Å². The standard InChI is InChI=1S/C49H58O14S7/c1-16-53-22(50)19-64-39-33-29(56-44(4,5)60-33)26(30-34(39)61-45(6,7)57-30)25(27-31-35(62-46(8,9)58-31)40(65-20-23(51)54-17-2)36-32(27)59-47(10,11)63-36)28-37-42(69-48(12,13)67-37)41(66-21-24(52)55-18-3)43-38(28)68-49(14,15)70-43/h25H,16-21H2,1-15H3. The van der Waals surface area contributed by atoms with E-state index in [4.69, 9.17) is 52.1 Å². The van der Waals surface area contributed by atoms with Crippen LogP contribution in [0, 0.1) is 0 Å². The predicted octanol–water partition coefficient (Wildman–Crippen LogP) is 12.7. The van der Waals surface area contributed by atoms with Crippen molar-refractivity contribution < 1.29 is 66.5 Å². The van der Waals surface area contributed by atoms with Crippen molar-refractivity contribution in [2.75, 3.05) is 37.1 Å². The van der Waals surface area contributed by atoms with Crippen molar-refractivity contribution in [2.24, 2.45) is 0 Å². The van der Waals surface area contributed by atoms with Crippen LogP contribution in [0.2, 0.25) is 0 Å². The predicted molar refractivity (Wildman–Crippen MR) is 275 cm³/mol. The van der Waals surface area contributed by atoms with Crippen molar-refractivity contribution in [1.82, 2.24) is 0 Å². The van der Waals surface area contributed by atoms with E-state index in [9.17, 15) is 14.4 Å². The number of hydrogen-bond donors (Lipinski definition) is 0. The molecule has 9 rings (SSSR count). The summed E-state index contributed by atoms with van der Waals surface area (Å²) in [4.78, 5) is 45.3. The monoisotopic (exact) mass is 1090 g/mol. The number of hydrogen-bond acceptors (Lipinski definition) is 21. The Bertz CT molecular complexity index is 2290. The molecule has 0 unspecified atom stereocenters. The molecule has 0 aromatic heterocycles. The Morgan fingerprint density at radius 2 is 0.657 bits per heavy atom. The number of benzene rings is 3. The smallest absolute Gasteiger partial charge is 0.316 e. The van der Waals surface area contributed by atoms with E-state index in [0.717, 1.165) is 30.0 Å². The van der Waals surface area contributed by atoms with E-state index in [1.165, 1.54) is 35.3 Å². The summed E-state index contributed by atoms with van der Waals surface area (Å²) in [6.07, 6.45) is 0. The van der Waals surface area contributed by atoms with Crippen LogP contribution in [-0.2, 0) is 28.6 Å². The van der Waals surface area contributed by atoms with Crippen molar-refractivity contribution in [1.29, 1.82) is 0 Å². The third-order valence-electron chi connectivity index (χ3n) is 10.9. The number of ether oxygens (including phenoxy) is 11. The molecule has 6 heterocycles. The molecule has 0 amide bonds. The zero-order chi connectivity index (χ0) is 50.7. The van der Waals surface area contributed by atoms with Crippen molar-refractivity contribution in [3.63, 3.8) is 0 Å². The number of carbonyl (C=O) groups is 3. The third-order valence-corrected chi connectivity index (χ3v) is 20.0. The van der Waals surface area contributed by atoms with Crippen LogP contribution in [0.3, 0.4) is 0 Å². The maximum absolute atomic E-state index is 13.1. The van der Waals surface area contributed by atoms with Gasteiger partial charge in [0.1, 0.15) is 9.79 Å². The molecule has 6 aliphatic heterocycles. The number of fused-ring (bicyclic) bond motifs is 6. The molecule has 0 saturated carbocycles. The lowest BCUT2D eigenvalue weighted by molar-refractivity contribution is -0.140. The molecule has 3 aromatic rings. The van der Waals surface area contributed by atoms with Crippen LogP contribution in [0.25, 0.3) is 0 Å². The van der Waals surface area contributed by atoms with Gasteiger partial charge in [-0.25, -0.2) is 0 Å². The van der Waals surface area contributed by atoms with Gasteiger partial charge in [-0.2, -0.15) is 0 Å². The van der Waals surface area contributed by atoms with Crippen molar-refractivity contribution in [3.05, 3.63) is 16.7 Å². The van der Waals surface area contributed by atoms with E-state index in [1.54, 1.807) is 60.9 Å². The quantitative estimate of drug-likeness (QED) is 0.0613. The van der Waals surface area contributed by atoms with Gasteiger partial charge in [0.25, 0.3) is 0 Å². The first-order valence-corrected chi connectivity index (χ1v) is 29.2. The van der Waals surface area contributed by atoms with E-state index in [0.29, 0.717) is 66.9 Å². The van der Waals surface area contributed by atoms with Crippen LogP contribution in [0.15, 0.2) is 34.3 Å². The SMILES string of the molecule is CCOC(=O)CSc1c2c(c(C(c3c4c(c(SCC(=O)OCC)c5c3OC(C)(C)O5)OC(C)(C)O4)c3c4c(c(SCC(=O)OCC)c5c3SC(C)(C)S5)SC(C)(C)S4)c3c1OC(C)(C)O3)OC(C)(C)O2. The van der Waals surface area contributed by atoms with Gasteiger partial charge in [-0.15, -0.1) is 82.3 Å². The highest BCUT2D eigenvalue weighted by Crippen LogP contribution is 2.74. The molecule has 0 fully saturated rings.